The summed E-state index contributed by atoms with van der Waals surface area (Å²) in [6.45, 7) is 4.80. The Bertz CT molecular complexity index is 673. The molecule has 1 N–H and O–H groups in total. The summed E-state index contributed by atoms with van der Waals surface area (Å²) in [5.74, 6) is 0.617. The Hall–Kier alpha value is -1.94. The second kappa shape index (κ2) is 6.44. The minimum atomic E-state index is -0.0593. The molecule has 0 radical (unpaired) electrons. The number of rotatable bonds is 5. The molecule has 1 aromatic heterocycles. The monoisotopic (exact) mass is 298 g/mol. The zero-order valence-corrected chi connectivity index (χ0v) is 13.1. The van der Waals surface area contributed by atoms with E-state index in [0.717, 1.165) is 24.1 Å². The van der Waals surface area contributed by atoms with Crippen LogP contribution in [0, 0.1) is 0 Å². The van der Waals surface area contributed by atoms with Crippen LogP contribution in [0.4, 0.5) is 0 Å². The van der Waals surface area contributed by atoms with Gasteiger partial charge in [0.25, 0.3) is 5.56 Å². The molecule has 0 atom stereocenters. The van der Waals surface area contributed by atoms with E-state index < -0.39 is 0 Å². The normalized spacial score (nSPS) is 20.9. The van der Waals surface area contributed by atoms with Crippen molar-refractivity contribution in [1.82, 2.24) is 10.2 Å². The van der Waals surface area contributed by atoms with Crippen LogP contribution in [0.15, 0.2) is 41.2 Å². The van der Waals surface area contributed by atoms with E-state index in [1.54, 1.807) is 0 Å². The zero-order valence-electron chi connectivity index (χ0n) is 13.1. The Morgan fingerprint density at radius 2 is 2.00 bits per heavy atom. The molecule has 1 aromatic carbocycles. The maximum Gasteiger partial charge on any atom is 0.267 e. The van der Waals surface area contributed by atoms with Crippen molar-refractivity contribution in [3.8, 4) is 0 Å². The van der Waals surface area contributed by atoms with Gasteiger partial charge in [-0.3, -0.25) is 4.79 Å². The predicted molar refractivity (Wildman–Crippen MR) is 85.9 cm³/mol. The fourth-order valence-electron chi connectivity index (χ4n) is 2.78. The topological polar surface area (TPSA) is 55.0 Å². The molecule has 0 saturated heterocycles. The Morgan fingerprint density at radius 3 is 2.68 bits per heavy atom. The summed E-state index contributed by atoms with van der Waals surface area (Å²) >= 11 is 0. The molecular formula is C18H22N2O2. The second-order valence-corrected chi connectivity index (χ2v) is 6.32. The van der Waals surface area contributed by atoms with Gasteiger partial charge >= 0.3 is 0 Å². The maximum atomic E-state index is 12.0. The van der Waals surface area contributed by atoms with Gasteiger partial charge in [0.2, 0.25) is 0 Å². The molecule has 0 unspecified atom stereocenters. The van der Waals surface area contributed by atoms with Crippen LogP contribution < -0.4 is 5.56 Å². The highest BCUT2D eigenvalue weighted by molar-refractivity contribution is 5.22. The lowest BCUT2D eigenvalue weighted by molar-refractivity contribution is -0.0210. The van der Waals surface area contributed by atoms with Crippen LogP contribution in [0.2, 0.25) is 0 Å². The number of nitrogens with zero attached hydrogens (tertiary/aromatic N) is 1. The summed E-state index contributed by atoms with van der Waals surface area (Å²) in [5, 5.41) is 6.73. The van der Waals surface area contributed by atoms with Crippen LogP contribution in [0.5, 0.6) is 0 Å². The van der Waals surface area contributed by atoms with Crippen molar-refractivity contribution in [2.45, 2.75) is 51.2 Å². The first-order chi connectivity index (χ1) is 10.6. The van der Waals surface area contributed by atoms with Gasteiger partial charge in [-0.25, -0.2) is 5.10 Å². The van der Waals surface area contributed by atoms with E-state index >= 15 is 0 Å². The highest BCUT2D eigenvalue weighted by Crippen LogP contribution is 2.38. The van der Waals surface area contributed by atoms with Crippen LogP contribution in [-0.4, -0.2) is 16.3 Å². The predicted octanol–water partition coefficient (Wildman–Crippen LogP) is 3.36. The van der Waals surface area contributed by atoms with Gasteiger partial charge in [-0.05, 0) is 36.3 Å². The number of aromatic amines is 1. The van der Waals surface area contributed by atoms with Crippen LogP contribution in [0.25, 0.3) is 0 Å². The third-order valence-corrected chi connectivity index (χ3v) is 4.31. The quantitative estimate of drug-likeness (QED) is 0.921. The summed E-state index contributed by atoms with van der Waals surface area (Å²) in [5.41, 5.74) is 2.94. The van der Waals surface area contributed by atoms with Gasteiger partial charge in [0.15, 0.2) is 0 Å². The number of hydrogen-bond donors (Lipinski definition) is 1. The largest absolute Gasteiger partial charge is 0.373 e. The molecule has 0 aliphatic heterocycles. The molecule has 1 aliphatic rings. The fraction of sp³-hybridized carbons (Fsp3) is 0.444. The van der Waals surface area contributed by atoms with Crippen molar-refractivity contribution in [2.24, 2.45) is 0 Å². The van der Waals surface area contributed by atoms with E-state index in [9.17, 15) is 4.79 Å². The molecule has 1 saturated carbocycles. The van der Waals surface area contributed by atoms with Gasteiger partial charge in [-0.1, -0.05) is 44.2 Å². The van der Waals surface area contributed by atoms with E-state index in [0.29, 0.717) is 18.4 Å². The Balaban J connectivity index is 1.57. The first-order valence-electron chi connectivity index (χ1n) is 7.88. The number of nitrogens with one attached hydrogen (secondary N) is 1. The highest BCUT2D eigenvalue weighted by Gasteiger charge is 2.33. The molecule has 1 fully saturated rings. The molecule has 4 nitrogen and oxygen atoms in total. The van der Waals surface area contributed by atoms with E-state index in [1.807, 2.05) is 24.3 Å². The average molecular weight is 298 g/mol. The molecule has 2 aromatic rings. The van der Waals surface area contributed by atoms with Gasteiger partial charge < -0.3 is 4.74 Å². The number of benzene rings is 1. The standard InChI is InChI=1S/C18H22N2O2/c1-12(2)17-10-16(18(21)20-19-17)14-8-15(9-14)22-11-13-6-4-3-5-7-13/h3-7,10,12,14-15H,8-9,11H2,1-2H3,(H,20,21)/t14-,15-. The molecule has 1 aliphatic carbocycles. The van der Waals surface area contributed by atoms with Crippen LogP contribution in [0.1, 0.15) is 55.3 Å². The molecule has 0 amide bonds. The fourth-order valence-corrected chi connectivity index (χ4v) is 2.78. The average Bonchev–Trinajstić information content (AvgIpc) is 2.48. The van der Waals surface area contributed by atoms with E-state index in [4.69, 9.17) is 4.74 Å². The van der Waals surface area contributed by atoms with Crippen molar-refractivity contribution in [3.05, 3.63) is 63.6 Å². The van der Waals surface area contributed by atoms with E-state index in [1.165, 1.54) is 5.56 Å². The van der Waals surface area contributed by atoms with Crippen molar-refractivity contribution < 1.29 is 4.74 Å². The maximum absolute atomic E-state index is 12.0. The minimum Gasteiger partial charge on any atom is -0.373 e. The van der Waals surface area contributed by atoms with Gasteiger partial charge in [-0.2, -0.15) is 5.10 Å². The Kier molecular flexibility index (Phi) is 4.39. The molecule has 116 valence electrons. The van der Waals surface area contributed by atoms with Gasteiger partial charge in [-0.15, -0.1) is 0 Å². The first kappa shape index (κ1) is 15.0. The SMILES string of the molecule is CC(C)c1cc([C@H]2C[C@H](OCc3ccccc3)C2)c(=O)[nH]n1. The Morgan fingerprint density at radius 1 is 1.27 bits per heavy atom. The van der Waals surface area contributed by atoms with Gasteiger partial charge in [0.1, 0.15) is 0 Å². The van der Waals surface area contributed by atoms with Crippen LogP contribution in [-0.2, 0) is 11.3 Å². The second-order valence-electron chi connectivity index (χ2n) is 6.32. The van der Waals surface area contributed by atoms with Crippen molar-refractivity contribution >= 4 is 0 Å². The van der Waals surface area contributed by atoms with Crippen molar-refractivity contribution in [3.63, 3.8) is 0 Å². The van der Waals surface area contributed by atoms with Gasteiger partial charge in [0.05, 0.1) is 18.4 Å². The zero-order chi connectivity index (χ0) is 15.5. The summed E-state index contributed by atoms with van der Waals surface area (Å²) in [6, 6.07) is 12.1. The lowest BCUT2D eigenvalue weighted by Gasteiger charge is -2.35. The smallest absolute Gasteiger partial charge is 0.267 e. The number of hydrogen-bond acceptors (Lipinski definition) is 3. The summed E-state index contributed by atoms with van der Waals surface area (Å²) in [6.07, 6.45) is 2.08. The third-order valence-electron chi connectivity index (χ3n) is 4.31. The van der Waals surface area contributed by atoms with Crippen LogP contribution >= 0.6 is 0 Å². The summed E-state index contributed by atoms with van der Waals surface area (Å²) < 4.78 is 5.91. The number of H-pyrrole nitrogens is 1. The van der Waals surface area contributed by atoms with E-state index in [2.05, 4.69) is 36.2 Å². The lowest BCUT2D eigenvalue weighted by Crippen LogP contribution is -2.33. The lowest BCUT2D eigenvalue weighted by atomic mass is 9.77. The summed E-state index contributed by atoms with van der Waals surface area (Å²) in [4.78, 5) is 12.0. The molecule has 4 heteroatoms. The van der Waals surface area contributed by atoms with E-state index in [-0.39, 0.29) is 11.7 Å². The number of aromatic nitrogens is 2. The molecule has 0 bridgehead atoms. The van der Waals surface area contributed by atoms with Crippen molar-refractivity contribution in [1.29, 1.82) is 0 Å². The number of ether oxygens (including phenoxy) is 1. The summed E-state index contributed by atoms with van der Waals surface area (Å²) in [7, 11) is 0. The Labute approximate surface area is 130 Å². The molecular weight excluding hydrogens is 276 g/mol. The van der Waals surface area contributed by atoms with Crippen molar-refractivity contribution in [2.75, 3.05) is 0 Å². The van der Waals surface area contributed by atoms with Gasteiger partial charge in [0, 0.05) is 5.56 Å². The third kappa shape index (κ3) is 3.28. The van der Waals surface area contributed by atoms with Crippen LogP contribution in [0.3, 0.4) is 0 Å². The highest BCUT2D eigenvalue weighted by atomic mass is 16.5. The molecule has 22 heavy (non-hydrogen) atoms. The molecule has 0 spiro atoms. The minimum absolute atomic E-state index is 0.0593. The first-order valence-corrected chi connectivity index (χ1v) is 7.88. The molecule has 1 heterocycles. The molecule has 3 rings (SSSR count).